The molecule has 1 atom stereocenters. The number of anilines is 1. The number of ether oxygens (including phenoxy) is 1. The predicted octanol–water partition coefficient (Wildman–Crippen LogP) is 2.81. The fraction of sp³-hybridized carbons (Fsp3) is 0.500. The van der Waals surface area contributed by atoms with Gasteiger partial charge >= 0.3 is 0 Å². The lowest BCUT2D eigenvalue weighted by atomic mass is 10.1. The minimum Gasteiger partial charge on any atom is -0.368 e. The number of carbonyl (C=O) groups is 1. The lowest BCUT2D eigenvalue weighted by Gasteiger charge is -2.22. The van der Waals surface area contributed by atoms with Gasteiger partial charge in [-0.25, -0.2) is 0 Å². The van der Waals surface area contributed by atoms with Crippen molar-refractivity contribution in [2.24, 2.45) is 0 Å². The highest BCUT2D eigenvalue weighted by Crippen LogP contribution is 2.19. The number of hydrogen-bond acceptors (Lipinski definition) is 2. The Morgan fingerprint density at radius 3 is 2.88 bits per heavy atom. The van der Waals surface area contributed by atoms with Crippen LogP contribution in [0.1, 0.15) is 30.4 Å². The van der Waals surface area contributed by atoms with Crippen molar-refractivity contribution in [1.29, 1.82) is 0 Å². The minimum absolute atomic E-state index is 0.0154. The lowest BCUT2D eigenvalue weighted by Crippen LogP contribution is -2.33. The van der Waals surface area contributed by atoms with Crippen molar-refractivity contribution in [3.05, 3.63) is 29.3 Å². The van der Waals surface area contributed by atoms with Gasteiger partial charge in [0.1, 0.15) is 6.10 Å². The molecule has 3 heteroatoms. The van der Waals surface area contributed by atoms with Gasteiger partial charge in [0.25, 0.3) is 5.91 Å². The summed E-state index contributed by atoms with van der Waals surface area (Å²) in [7, 11) is 0. The van der Waals surface area contributed by atoms with Crippen LogP contribution < -0.4 is 5.32 Å². The van der Waals surface area contributed by atoms with Gasteiger partial charge in [-0.15, -0.1) is 0 Å². The molecule has 1 saturated heterocycles. The van der Waals surface area contributed by atoms with Crippen LogP contribution in [0.4, 0.5) is 5.69 Å². The Labute approximate surface area is 102 Å². The van der Waals surface area contributed by atoms with E-state index in [1.807, 2.05) is 32.0 Å². The monoisotopic (exact) mass is 233 g/mol. The third-order valence-corrected chi connectivity index (χ3v) is 3.12. The van der Waals surface area contributed by atoms with E-state index in [2.05, 4.69) is 5.32 Å². The fourth-order valence-electron chi connectivity index (χ4n) is 2.03. The first-order valence-corrected chi connectivity index (χ1v) is 6.16. The van der Waals surface area contributed by atoms with E-state index in [9.17, 15) is 4.79 Å². The Morgan fingerprint density at radius 1 is 1.35 bits per heavy atom. The van der Waals surface area contributed by atoms with E-state index >= 15 is 0 Å². The molecule has 0 bridgehead atoms. The van der Waals surface area contributed by atoms with Crippen LogP contribution in [0.2, 0.25) is 0 Å². The number of carbonyl (C=O) groups excluding carboxylic acids is 1. The third-order valence-electron chi connectivity index (χ3n) is 3.12. The van der Waals surface area contributed by atoms with Gasteiger partial charge in [0.05, 0.1) is 0 Å². The molecule has 0 radical (unpaired) electrons. The number of nitrogens with one attached hydrogen (secondary N) is 1. The van der Waals surface area contributed by atoms with Gasteiger partial charge in [0.2, 0.25) is 0 Å². The molecule has 3 nitrogen and oxygen atoms in total. The van der Waals surface area contributed by atoms with Crippen molar-refractivity contribution in [2.75, 3.05) is 11.9 Å². The van der Waals surface area contributed by atoms with E-state index in [1.165, 1.54) is 0 Å². The standard InChI is InChI=1S/C14H19NO2/c1-10-6-7-11(2)12(9-10)15-14(16)13-5-3-4-8-17-13/h6-7,9,13H,3-5,8H2,1-2H3,(H,15,16). The van der Waals surface area contributed by atoms with Crippen LogP contribution in [-0.2, 0) is 9.53 Å². The first kappa shape index (κ1) is 12.1. The molecule has 1 N–H and O–H groups in total. The summed E-state index contributed by atoms with van der Waals surface area (Å²) in [4.78, 5) is 12.0. The minimum atomic E-state index is -0.274. The highest BCUT2D eigenvalue weighted by molar-refractivity contribution is 5.94. The average Bonchev–Trinajstić information content (AvgIpc) is 2.35. The Balaban J connectivity index is 2.04. The van der Waals surface area contributed by atoms with Crippen LogP contribution in [0.25, 0.3) is 0 Å². The van der Waals surface area contributed by atoms with Crippen molar-refractivity contribution < 1.29 is 9.53 Å². The normalized spacial score (nSPS) is 20.0. The van der Waals surface area contributed by atoms with E-state index < -0.39 is 0 Å². The maximum Gasteiger partial charge on any atom is 0.253 e. The predicted molar refractivity (Wildman–Crippen MR) is 68.1 cm³/mol. The van der Waals surface area contributed by atoms with E-state index in [4.69, 9.17) is 4.74 Å². The summed E-state index contributed by atoms with van der Waals surface area (Å²) in [6, 6.07) is 6.06. The molecule has 2 rings (SSSR count). The van der Waals surface area contributed by atoms with Gasteiger partial charge in [-0.1, -0.05) is 12.1 Å². The number of amides is 1. The van der Waals surface area contributed by atoms with Crippen LogP contribution >= 0.6 is 0 Å². The number of aryl methyl sites for hydroxylation is 2. The van der Waals surface area contributed by atoms with Crippen molar-refractivity contribution in [3.63, 3.8) is 0 Å². The number of hydrogen-bond donors (Lipinski definition) is 1. The molecule has 1 aromatic carbocycles. The van der Waals surface area contributed by atoms with E-state index in [-0.39, 0.29) is 12.0 Å². The second-order valence-electron chi connectivity index (χ2n) is 4.66. The quantitative estimate of drug-likeness (QED) is 0.853. The molecule has 1 fully saturated rings. The SMILES string of the molecule is Cc1ccc(C)c(NC(=O)C2CCCCO2)c1. The smallest absolute Gasteiger partial charge is 0.253 e. The molecule has 0 aromatic heterocycles. The van der Waals surface area contributed by atoms with E-state index in [0.29, 0.717) is 6.61 Å². The molecule has 0 saturated carbocycles. The summed E-state index contributed by atoms with van der Waals surface area (Å²) in [5.41, 5.74) is 3.12. The van der Waals surface area contributed by atoms with E-state index in [0.717, 1.165) is 36.1 Å². The van der Waals surface area contributed by atoms with Gasteiger partial charge in [-0.05, 0) is 50.3 Å². The van der Waals surface area contributed by atoms with Gasteiger partial charge in [-0.2, -0.15) is 0 Å². The lowest BCUT2D eigenvalue weighted by molar-refractivity contribution is -0.129. The molecule has 1 aliphatic rings. The highest BCUT2D eigenvalue weighted by Gasteiger charge is 2.22. The molecule has 1 aromatic rings. The maximum absolute atomic E-state index is 12.0. The van der Waals surface area contributed by atoms with Gasteiger partial charge in [0.15, 0.2) is 0 Å². The Bertz CT molecular complexity index is 409. The Kier molecular flexibility index (Phi) is 3.79. The summed E-state index contributed by atoms with van der Waals surface area (Å²) in [6.07, 6.45) is 2.69. The van der Waals surface area contributed by atoms with Crippen LogP contribution in [0, 0.1) is 13.8 Å². The van der Waals surface area contributed by atoms with Crippen molar-refractivity contribution in [2.45, 2.75) is 39.2 Å². The fourth-order valence-corrected chi connectivity index (χ4v) is 2.03. The zero-order chi connectivity index (χ0) is 12.3. The summed E-state index contributed by atoms with van der Waals surface area (Å²) in [5.74, 6) is -0.0154. The summed E-state index contributed by atoms with van der Waals surface area (Å²) in [5, 5.41) is 2.96. The maximum atomic E-state index is 12.0. The summed E-state index contributed by atoms with van der Waals surface area (Å²) < 4.78 is 5.47. The van der Waals surface area contributed by atoms with Crippen molar-refractivity contribution >= 4 is 11.6 Å². The highest BCUT2D eigenvalue weighted by atomic mass is 16.5. The topological polar surface area (TPSA) is 38.3 Å². The third kappa shape index (κ3) is 3.07. The molecule has 1 aliphatic heterocycles. The Morgan fingerprint density at radius 2 is 2.18 bits per heavy atom. The Hall–Kier alpha value is -1.35. The molecule has 0 aliphatic carbocycles. The first-order valence-electron chi connectivity index (χ1n) is 6.16. The second kappa shape index (κ2) is 5.32. The van der Waals surface area contributed by atoms with Gasteiger partial charge in [0, 0.05) is 12.3 Å². The van der Waals surface area contributed by atoms with Crippen LogP contribution in [0.15, 0.2) is 18.2 Å². The number of benzene rings is 1. The molecule has 92 valence electrons. The van der Waals surface area contributed by atoms with Gasteiger partial charge < -0.3 is 10.1 Å². The average molecular weight is 233 g/mol. The zero-order valence-corrected chi connectivity index (χ0v) is 10.5. The molecule has 17 heavy (non-hydrogen) atoms. The molecule has 1 heterocycles. The van der Waals surface area contributed by atoms with Crippen LogP contribution in [-0.4, -0.2) is 18.6 Å². The second-order valence-corrected chi connectivity index (χ2v) is 4.66. The van der Waals surface area contributed by atoms with Crippen LogP contribution in [0.3, 0.4) is 0 Å². The summed E-state index contributed by atoms with van der Waals surface area (Å²) >= 11 is 0. The molecule has 0 spiro atoms. The zero-order valence-electron chi connectivity index (χ0n) is 10.5. The largest absolute Gasteiger partial charge is 0.368 e. The van der Waals surface area contributed by atoms with Crippen molar-refractivity contribution in [3.8, 4) is 0 Å². The van der Waals surface area contributed by atoms with Crippen molar-refractivity contribution in [1.82, 2.24) is 0 Å². The molecule has 1 unspecified atom stereocenters. The molecular weight excluding hydrogens is 214 g/mol. The van der Waals surface area contributed by atoms with Gasteiger partial charge in [-0.3, -0.25) is 4.79 Å². The van der Waals surface area contributed by atoms with E-state index in [1.54, 1.807) is 0 Å². The number of rotatable bonds is 2. The molecular formula is C14H19NO2. The first-order chi connectivity index (χ1) is 8.16. The summed E-state index contributed by atoms with van der Waals surface area (Å²) in [6.45, 7) is 4.72. The van der Waals surface area contributed by atoms with Crippen LogP contribution in [0.5, 0.6) is 0 Å². The molecule has 1 amide bonds.